The molecule has 1 aliphatic rings. The van der Waals surface area contributed by atoms with Gasteiger partial charge in [-0.05, 0) is 32.2 Å². The van der Waals surface area contributed by atoms with E-state index in [1.807, 2.05) is 17.3 Å². The molecule has 1 aromatic rings. The third kappa shape index (κ3) is 3.55. The van der Waals surface area contributed by atoms with Crippen LogP contribution in [0.25, 0.3) is 0 Å². The molecule has 0 bridgehead atoms. The van der Waals surface area contributed by atoms with Crippen LogP contribution in [-0.4, -0.2) is 47.8 Å². The Balaban J connectivity index is 1.96. The largest absolute Gasteiger partial charge is 0.370 e. The van der Waals surface area contributed by atoms with E-state index >= 15 is 0 Å². The van der Waals surface area contributed by atoms with Gasteiger partial charge in [-0.1, -0.05) is 0 Å². The van der Waals surface area contributed by atoms with Gasteiger partial charge in [0.25, 0.3) is 0 Å². The zero-order valence-electron chi connectivity index (χ0n) is 11.6. The van der Waals surface area contributed by atoms with Gasteiger partial charge in [0.2, 0.25) is 5.78 Å². The summed E-state index contributed by atoms with van der Waals surface area (Å²) in [5.74, 6) is 0.568. The molecule has 1 aliphatic heterocycles. The number of rotatable bonds is 5. The molecule has 2 rings (SSSR count). The van der Waals surface area contributed by atoms with Crippen molar-refractivity contribution in [1.29, 1.82) is 5.41 Å². The summed E-state index contributed by atoms with van der Waals surface area (Å²) in [6.45, 7) is 1.61. The molecule has 1 saturated heterocycles. The molecule has 0 saturated carbocycles. The van der Waals surface area contributed by atoms with Gasteiger partial charge in [0.05, 0.1) is 6.04 Å². The quantitative estimate of drug-likeness (QED) is 0.426. The minimum atomic E-state index is -0.210. The molecule has 0 spiro atoms. The van der Waals surface area contributed by atoms with Gasteiger partial charge in [0.1, 0.15) is 0 Å². The van der Waals surface area contributed by atoms with Crippen molar-refractivity contribution in [3.8, 4) is 0 Å². The van der Waals surface area contributed by atoms with Gasteiger partial charge in [-0.25, -0.2) is 4.98 Å². The first kappa shape index (κ1) is 14.9. The number of ketones is 1. The van der Waals surface area contributed by atoms with Crippen molar-refractivity contribution >= 4 is 23.1 Å². The number of nitrogens with one attached hydrogen (secondary N) is 2. The topological polar surface area (TPSA) is 95.1 Å². The summed E-state index contributed by atoms with van der Waals surface area (Å²) in [5.41, 5.74) is 5.55. The Morgan fingerprint density at radius 2 is 2.55 bits per heavy atom. The first-order valence-corrected chi connectivity index (χ1v) is 7.69. The average molecular weight is 295 g/mol. The van der Waals surface area contributed by atoms with Crippen molar-refractivity contribution < 1.29 is 4.79 Å². The predicted octanol–water partition coefficient (Wildman–Crippen LogP) is 0.909. The number of guanidine groups is 1. The van der Waals surface area contributed by atoms with Crippen LogP contribution in [0.3, 0.4) is 0 Å². The molecule has 0 aromatic carbocycles. The summed E-state index contributed by atoms with van der Waals surface area (Å²) in [4.78, 5) is 18.3. The SMILES string of the molecule is CN[C@@H](CC1CCCN(C(=N)N)C1)C(=O)c1nccs1. The second kappa shape index (κ2) is 6.81. The summed E-state index contributed by atoms with van der Waals surface area (Å²) < 4.78 is 0. The van der Waals surface area contributed by atoms with Gasteiger partial charge in [-0.15, -0.1) is 11.3 Å². The number of carbonyl (C=O) groups excluding carboxylic acids is 1. The lowest BCUT2D eigenvalue weighted by atomic mass is 9.90. The van der Waals surface area contributed by atoms with Crippen LogP contribution in [0.1, 0.15) is 29.1 Å². The number of carbonyl (C=O) groups is 1. The monoisotopic (exact) mass is 295 g/mol. The first-order chi connectivity index (χ1) is 9.61. The van der Waals surface area contributed by atoms with E-state index in [4.69, 9.17) is 11.1 Å². The minimum Gasteiger partial charge on any atom is -0.370 e. The second-order valence-electron chi connectivity index (χ2n) is 5.12. The molecule has 20 heavy (non-hydrogen) atoms. The van der Waals surface area contributed by atoms with Crippen molar-refractivity contribution in [3.63, 3.8) is 0 Å². The van der Waals surface area contributed by atoms with Gasteiger partial charge in [-0.2, -0.15) is 0 Å². The van der Waals surface area contributed by atoms with Crippen LogP contribution < -0.4 is 11.1 Å². The van der Waals surface area contributed by atoms with Crippen molar-refractivity contribution in [2.45, 2.75) is 25.3 Å². The number of likely N-dealkylation sites (tertiary alicyclic amines) is 1. The Bertz CT molecular complexity index is 461. The Hall–Kier alpha value is -1.47. The molecule has 0 amide bonds. The van der Waals surface area contributed by atoms with E-state index in [2.05, 4.69) is 10.3 Å². The Kier molecular flexibility index (Phi) is 5.08. The van der Waals surface area contributed by atoms with E-state index in [1.165, 1.54) is 11.3 Å². The third-order valence-electron chi connectivity index (χ3n) is 3.74. The van der Waals surface area contributed by atoms with E-state index in [1.54, 1.807) is 6.20 Å². The third-order valence-corrected chi connectivity index (χ3v) is 4.52. The molecule has 1 unspecified atom stereocenters. The lowest BCUT2D eigenvalue weighted by Gasteiger charge is -2.34. The van der Waals surface area contributed by atoms with Crippen LogP contribution >= 0.6 is 11.3 Å². The van der Waals surface area contributed by atoms with Gasteiger partial charge in [0, 0.05) is 24.7 Å². The molecule has 4 N–H and O–H groups in total. The van der Waals surface area contributed by atoms with E-state index in [9.17, 15) is 4.79 Å². The summed E-state index contributed by atoms with van der Waals surface area (Å²) in [5, 5.41) is 13.0. The normalized spacial score (nSPS) is 20.6. The maximum Gasteiger partial charge on any atom is 0.208 e. The smallest absolute Gasteiger partial charge is 0.208 e. The Morgan fingerprint density at radius 3 is 3.15 bits per heavy atom. The number of nitrogens with two attached hydrogens (primary N) is 1. The summed E-state index contributed by atoms with van der Waals surface area (Å²) in [6.07, 6.45) is 4.51. The number of hydrogen-bond acceptors (Lipinski definition) is 5. The van der Waals surface area contributed by atoms with Crippen molar-refractivity contribution in [2.75, 3.05) is 20.1 Å². The lowest BCUT2D eigenvalue weighted by Crippen LogP contribution is -2.45. The molecular formula is C13H21N5OS. The fourth-order valence-electron chi connectivity index (χ4n) is 2.66. The van der Waals surface area contributed by atoms with Crippen LogP contribution in [-0.2, 0) is 0 Å². The standard InChI is InChI=1S/C13H21N5OS/c1-16-10(11(19)12-17-4-6-20-12)7-9-3-2-5-18(8-9)13(14)15/h4,6,9-10,16H,2-3,5,7-8H2,1H3,(H3,14,15)/t9?,10-/m0/s1. The van der Waals surface area contributed by atoms with E-state index in [0.717, 1.165) is 32.4 Å². The van der Waals surface area contributed by atoms with Crippen LogP contribution in [0.15, 0.2) is 11.6 Å². The zero-order chi connectivity index (χ0) is 14.5. The van der Waals surface area contributed by atoms with Gasteiger partial charge in [0.15, 0.2) is 11.0 Å². The van der Waals surface area contributed by atoms with E-state index in [-0.39, 0.29) is 17.8 Å². The average Bonchev–Trinajstić information content (AvgIpc) is 2.98. The number of piperidine rings is 1. The fraction of sp³-hybridized carbons (Fsp3) is 0.615. The summed E-state index contributed by atoms with van der Waals surface area (Å²) in [6, 6.07) is -0.210. The van der Waals surface area contributed by atoms with Gasteiger partial charge >= 0.3 is 0 Å². The van der Waals surface area contributed by atoms with Crippen LogP contribution in [0, 0.1) is 11.3 Å². The molecule has 2 heterocycles. The number of likely N-dealkylation sites (N-methyl/N-ethyl adjacent to an activating group) is 1. The van der Waals surface area contributed by atoms with E-state index in [0.29, 0.717) is 10.9 Å². The number of nitrogens with zero attached hydrogens (tertiary/aromatic N) is 2. The van der Waals surface area contributed by atoms with Gasteiger partial charge < -0.3 is 16.0 Å². The highest BCUT2D eigenvalue weighted by Gasteiger charge is 2.27. The van der Waals surface area contributed by atoms with Crippen molar-refractivity contribution in [1.82, 2.24) is 15.2 Å². The number of Topliss-reactive ketones (excluding diaryl/α,β-unsaturated/α-hetero) is 1. The number of hydrogen-bond donors (Lipinski definition) is 3. The molecule has 0 aliphatic carbocycles. The highest BCUT2D eigenvalue weighted by molar-refractivity contribution is 7.11. The first-order valence-electron chi connectivity index (χ1n) is 6.81. The highest BCUT2D eigenvalue weighted by atomic mass is 32.1. The maximum atomic E-state index is 12.3. The second-order valence-corrected chi connectivity index (χ2v) is 6.01. The fourth-order valence-corrected chi connectivity index (χ4v) is 3.29. The van der Waals surface area contributed by atoms with Crippen LogP contribution in [0.4, 0.5) is 0 Å². The lowest BCUT2D eigenvalue weighted by molar-refractivity contribution is 0.0921. The van der Waals surface area contributed by atoms with Crippen LogP contribution in [0.5, 0.6) is 0 Å². The highest BCUT2D eigenvalue weighted by Crippen LogP contribution is 2.22. The van der Waals surface area contributed by atoms with Crippen molar-refractivity contribution in [3.05, 3.63) is 16.6 Å². The van der Waals surface area contributed by atoms with E-state index < -0.39 is 0 Å². The molecule has 1 aromatic heterocycles. The molecule has 6 nitrogen and oxygen atoms in total. The molecular weight excluding hydrogens is 274 g/mol. The van der Waals surface area contributed by atoms with Crippen LogP contribution in [0.2, 0.25) is 0 Å². The summed E-state index contributed by atoms with van der Waals surface area (Å²) in [7, 11) is 1.81. The molecule has 110 valence electrons. The maximum absolute atomic E-state index is 12.3. The number of thiazole rings is 1. The molecule has 1 fully saturated rings. The predicted molar refractivity (Wildman–Crippen MR) is 80.1 cm³/mol. The number of aromatic nitrogens is 1. The summed E-state index contributed by atoms with van der Waals surface area (Å²) >= 11 is 1.38. The molecule has 0 radical (unpaired) electrons. The Labute approximate surface area is 122 Å². The minimum absolute atomic E-state index is 0.0578. The Morgan fingerprint density at radius 1 is 1.75 bits per heavy atom. The molecule has 7 heteroatoms. The van der Waals surface area contributed by atoms with Crippen molar-refractivity contribution in [2.24, 2.45) is 11.7 Å². The molecule has 2 atom stereocenters. The zero-order valence-corrected chi connectivity index (χ0v) is 12.4. The van der Waals surface area contributed by atoms with Gasteiger partial charge in [-0.3, -0.25) is 10.2 Å².